The van der Waals surface area contributed by atoms with E-state index in [0.29, 0.717) is 57.1 Å². The summed E-state index contributed by atoms with van der Waals surface area (Å²) in [5, 5.41) is 30.1. The van der Waals surface area contributed by atoms with Crippen molar-refractivity contribution in [3.63, 3.8) is 0 Å². The largest absolute Gasteiger partial charge is 0.490 e. The second-order valence-electron chi connectivity index (χ2n) is 18.5. The van der Waals surface area contributed by atoms with Gasteiger partial charge in [-0.1, -0.05) is 24.3 Å². The molecule has 18 nitrogen and oxygen atoms in total. The summed E-state index contributed by atoms with van der Waals surface area (Å²) < 4.78 is 42.6. The molecule has 2 aromatic heterocycles. The van der Waals surface area contributed by atoms with Crippen molar-refractivity contribution in [2.75, 3.05) is 42.9 Å². The molecular weight excluding hydrogens is 878 g/mol. The summed E-state index contributed by atoms with van der Waals surface area (Å²) in [5.74, 6) is -1.96. The Morgan fingerprint density at radius 1 is 0.851 bits per heavy atom. The number of H-pyrrole nitrogens is 1. The molecule has 1 saturated heterocycles. The number of alkyl halides is 3. The highest BCUT2D eigenvalue weighted by Gasteiger charge is 2.38. The quantitative estimate of drug-likeness (QED) is 0.103. The van der Waals surface area contributed by atoms with Gasteiger partial charge in [0.15, 0.2) is 0 Å². The molecule has 1 saturated carbocycles. The predicted octanol–water partition coefficient (Wildman–Crippen LogP) is 6.92. The number of ether oxygens (including phenoxy) is 2. The molecule has 1 aliphatic carbocycles. The van der Waals surface area contributed by atoms with E-state index in [1.54, 1.807) is 29.2 Å². The average molecular weight is 937 g/mol. The average Bonchev–Trinajstić information content (AvgIpc) is 3.80. The number of halogens is 3. The molecule has 5 N–H and O–H groups in total. The number of hydrogen-bond acceptors (Lipinski definition) is 12. The molecule has 1 aliphatic heterocycles. The number of aromatic nitrogens is 5. The number of aryl methyl sites for hydroxylation is 1. The zero-order valence-electron chi connectivity index (χ0n) is 38.7. The number of carboxylic acids is 1. The topological polar surface area (TPSA) is 234 Å². The minimum atomic E-state index is -5.08. The number of carbonyl (C=O) groups is 5. The van der Waals surface area contributed by atoms with E-state index in [9.17, 15) is 32.3 Å². The lowest BCUT2D eigenvalue weighted by Crippen LogP contribution is -2.50. The van der Waals surface area contributed by atoms with Crippen LogP contribution in [-0.2, 0) is 30.3 Å². The van der Waals surface area contributed by atoms with Gasteiger partial charge < -0.3 is 40.3 Å². The van der Waals surface area contributed by atoms with E-state index < -0.39 is 35.5 Å². The van der Waals surface area contributed by atoms with Gasteiger partial charge in [-0.2, -0.15) is 18.4 Å². The van der Waals surface area contributed by atoms with Crippen molar-refractivity contribution in [3.05, 3.63) is 71.9 Å². The van der Waals surface area contributed by atoms with Crippen LogP contribution in [0.5, 0.6) is 0 Å². The van der Waals surface area contributed by atoms with Crippen LogP contribution in [0.3, 0.4) is 0 Å². The lowest BCUT2D eigenvalue weighted by atomic mass is 9.81. The van der Waals surface area contributed by atoms with Crippen LogP contribution in [0.4, 0.5) is 34.3 Å². The SMILES string of the molecule is Cc1cc(N2CCN(C(=O)OC(C)(C)C)CC2)ncc1-c1ccc(C[C@H](NC(=O)[C@H]2CC[C@H](CNC(=O)OC(C)(C)C)CC2)C(=O)Nc2ccc(-c3nn[nH]n3)cc2)cc1.O=C(O)C(F)(F)F. The van der Waals surface area contributed by atoms with E-state index in [2.05, 4.69) is 54.5 Å². The number of carbonyl (C=O) groups excluding carboxylic acids is 4. The highest BCUT2D eigenvalue weighted by Crippen LogP contribution is 2.30. The van der Waals surface area contributed by atoms with E-state index in [1.165, 1.54) is 0 Å². The molecule has 2 aliphatic rings. The molecule has 67 heavy (non-hydrogen) atoms. The Morgan fingerprint density at radius 3 is 1.99 bits per heavy atom. The number of rotatable bonds is 11. The maximum atomic E-state index is 13.9. The third-order valence-corrected chi connectivity index (χ3v) is 10.8. The molecule has 0 radical (unpaired) electrons. The molecule has 1 atom stereocenters. The first-order valence-electron chi connectivity index (χ1n) is 21.9. The number of piperazine rings is 1. The Balaban J connectivity index is 0.00000111. The molecule has 0 spiro atoms. The summed E-state index contributed by atoms with van der Waals surface area (Å²) in [6, 6.07) is 16.3. The second kappa shape index (κ2) is 22.1. The van der Waals surface area contributed by atoms with Crippen molar-refractivity contribution >= 4 is 41.5 Å². The number of nitrogens with zero attached hydrogens (tertiary/aromatic N) is 6. The van der Waals surface area contributed by atoms with Gasteiger partial charge in [0.2, 0.25) is 17.6 Å². The van der Waals surface area contributed by atoms with Gasteiger partial charge in [-0.15, -0.1) is 10.2 Å². The van der Waals surface area contributed by atoms with Crippen LogP contribution in [0, 0.1) is 18.8 Å². The number of aromatic amines is 1. The van der Waals surface area contributed by atoms with Gasteiger partial charge in [0, 0.05) is 68.1 Å². The zero-order chi connectivity index (χ0) is 49.1. The highest BCUT2D eigenvalue weighted by atomic mass is 19.4. The fourth-order valence-electron chi connectivity index (χ4n) is 7.40. The number of amides is 4. The van der Waals surface area contributed by atoms with Crippen LogP contribution in [0.1, 0.15) is 78.4 Å². The summed E-state index contributed by atoms with van der Waals surface area (Å²) >= 11 is 0. The van der Waals surface area contributed by atoms with Crippen LogP contribution in [-0.4, -0.2) is 122 Å². The minimum Gasteiger partial charge on any atom is -0.475 e. The number of carboxylic acid groups (broad SMARTS) is 1. The number of anilines is 2. The summed E-state index contributed by atoms with van der Waals surface area (Å²) in [6.45, 7) is 16.1. The Bertz CT molecular complexity index is 2300. The van der Waals surface area contributed by atoms with Gasteiger partial charge >= 0.3 is 24.3 Å². The van der Waals surface area contributed by atoms with Crippen molar-refractivity contribution < 1.29 is 51.7 Å². The first kappa shape index (κ1) is 51.2. The van der Waals surface area contributed by atoms with Crippen LogP contribution < -0.4 is 20.9 Å². The fourth-order valence-corrected chi connectivity index (χ4v) is 7.40. The first-order valence-corrected chi connectivity index (χ1v) is 21.9. The fraction of sp³-hybridized carbons (Fsp3) is 0.500. The summed E-state index contributed by atoms with van der Waals surface area (Å²) in [4.78, 5) is 70.0. The Hall–Kier alpha value is -6.80. The van der Waals surface area contributed by atoms with E-state index in [-0.39, 0.29) is 36.2 Å². The Labute approximate surface area is 386 Å². The normalized spacial score (nSPS) is 17.0. The lowest BCUT2D eigenvalue weighted by molar-refractivity contribution is -0.192. The lowest BCUT2D eigenvalue weighted by Gasteiger charge is -2.36. The van der Waals surface area contributed by atoms with E-state index in [4.69, 9.17) is 24.4 Å². The summed E-state index contributed by atoms with van der Waals surface area (Å²) in [7, 11) is 0. The van der Waals surface area contributed by atoms with Gasteiger partial charge in [0.25, 0.3) is 0 Å². The van der Waals surface area contributed by atoms with Crippen LogP contribution >= 0.6 is 0 Å². The van der Waals surface area contributed by atoms with Gasteiger partial charge in [-0.3, -0.25) is 9.59 Å². The van der Waals surface area contributed by atoms with E-state index >= 15 is 0 Å². The zero-order valence-corrected chi connectivity index (χ0v) is 38.7. The van der Waals surface area contributed by atoms with Gasteiger partial charge in [-0.25, -0.2) is 19.4 Å². The van der Waals surface area contributed by atoms with Gasteiger partial charge in [0.1, 0.15) is 23.1 Å². The number of alkyl carbamates (subject to hydrolysis) is 1. The van der Waals surface area contributed by atoms with Crippen LogP contribution in [0.2, 0.25) is 0 Å². The molecule has 6 rings (SSSR count). The van der Waals surface area contributed by atoms with Crippen molar-refractivity contribution in [2.24, 2.45) is 11.8 Å². The maximum Gasteiger partial charge on any atom is 0.490 e. The van der Waals surface area contributed by atoms with Crippen molar-refractivity contribution in [3.8, 4) is 22.5 Å². The number of pyridine rings is 1. The van der Waals surface area contributed by atoms with Gasteiger partial charge in [0.05, 0.1) is 0 Å². The predicted molar refractivity (Wildman–Crippen MR) is 242 cm³/mol. The third-order valence-electron chi connectivity index (χ3n) is 10.8. The molecule has 3 heterocycles. The first-order chi connectivity index (χ1) is 31.4. The van der Waals surface area contributed by atoms with Crippen molar-refractivity contribution in [2.45, 2.75) is 104 Å². The standard InChI is InChI=1S/C44H58N10O6.C2HF3O2/c1-28-24-37(53-20-22-54(23-21-53)42(58)60-44(5,6)7)45-27-35(28)31-12-8-29(9-13-31)25-36(40(56)47-34-18-16-32(17-19-34)38-49-51-52-50-38)48-39(55)33-14-10-30(11-15-33)26-46-41(57)59-43(2,3)4;3-2(4,5)1(6)7/h8-9,12-13,16-19,24,27,30,33,36H,10-11,14-15,20-23,25-26H2,1-7H3,(H,46,57)(H,47,56)(H,48,55)(H,49,50,51,52);(H,6,7)/t30-,33-,36-;/m0./s1. The molecule has 2 aromatic carbocycles. The number of hydrogen-bond donors (Lipinski definition) is 5. The molecule has 0 unspecified atom stereocenters. The number of tetrazole rings is 1. The molecule has 2 fully saturated rings. The van der Waals surface area contributed by atoms with Crippen molar-refractivity contribution in [1.29, 1.82) is 0 Å². The monoisotopic (exact) mass is 936 g/mol. The van der Waals surface area contributed by atoms with Crippen molar-refractivity contribution in [1.82, 2.24) is 41.1 Å². The van der Waals surface area contributed by atoms with E-state index in [0.717, 1.165) is 46.5 Å². The number of aliphatic carboxylic acids is 1. The smallest absolute Gasteiger partial charge is 0.475 e. The molecule has 4 amide bonds. The Morgan fingerprint density at radius 2 is 1.45 bits per heavy atom. The van der Waals surface area contributed by atoms with Crippen LogP contribution in [0.25, 0.3) is 22.5 Å². The van der Waals surface area contributed by atoms with E-state index in [1.807, 2.05) is 72.0 Å². The molecule has 0 bridgehead atoms. The molecule has 362 valence electrons. The highest BCUT2D eigenvalue weighted by molar-refractivity contribution is 5.97. The molecule has 4 aromatic rings. The second-order valence-corrected chi connectivity index (χ2v) is 18.5. The Kier molecular flexibility index (Phi) is 16.9. The number of nitrogens with one attached hydrogen (secondary N) is 4. The molecule has 21 heteroatoms. The minimum absolute atomic E-state index is 0.161. The summed E-state index contributed by atoms with van der Waals surface area (Å²) in [5.41, 5.74) is 4.11. The molecular formula is C46H59F3N10O8. The third kappa shape index (κ3) is 15.9. The van der Waals surface area contributed by atoms with Crippen LogP contribution in [0.15, 0.2) is 60.8 Å². The van der Waals surface area contributed by atoms with Gasteiger partial charge in [-0.05, 0) is 132 Å². The maximum absolute atomic E-state index is 13.9. The summed E-state index contributed by atoms with van der Waals surface area (Å²) in [6.07, 6.45) is -0.803. The number of benzene rings is 2.